The molecule has 1 aromatic heterocycles. The van der Waals surface area contributed by atoms with Crippen LogP contribution in [0, 0.1) is 6.92 Å². The van der Waals surface area contributed by atoms with Gasteiger partial charge in [-0.05, 0) is 25.5 Å². The molecule has 2 heterocycles. The summed E-state index contributed by atoms with van der Waals surface area (Å²) in [6, 6.07) is 10.5. The standard InChI is InChI=1S/C17H22N4O/c1-3-21(15-7-5-4-6-14(15)2)17-12-16(18-13-19-17)20-8-10-22-11-9-20/h4-7,12-13H,3,8-11H2,1-2H3. The van der Waals surface area contributed by atoms with E-state index < -0.39 is 0 Å². The fourth-order valence-corrected chi connectivity index (χ4v) is 2.77. The minimum Gasteiger partial charge on any atom is -0.378 e. The summed E-state index contributed by atoms with van der Waals surface area (Å²) >= 11 is 0. The highest BCUT2D eigenvalue weighted by molar-refractivity contribution is 5.65. The first-order valence-corrected chi connectivity index (χ1v) is 7.77. The molecule has 22 heavy (non-hydrogen) atoms. The van der Waals surface area contributed by atoms with Gasteiger partial charge in [0.25, 0.3) is 0 Å². The van der Waals surface area contributed by atoms with E-state index in [9.17, 15) is 0 Å². The quantitative estimate of drug-likeness (QED) is 0.868. The van der Waals surface area contributed by atoms with Crippen molar-refractivity contribution in [1.29, 1.82) is 0 Å². The molecule has 0 bridgehead atoms. The maximum Gasteiger partial charge on any atom is 0.138 e. The third-order valence-electron chi connectivity index (χ3n) is 3.97. The van der Waals surface area contributed by atoms with Crippen molar-refractivity contribution >= 4 is 17.3 Å². The summed E-state index contributed by atoms with van der Waals surface area (Å²) in [5.74, 6) is 1.91. The predicted molar refractivity (Wildman–Crippen MR) is 88.9 cm³/mol. The molecule has 0 N–H and O–H groups in total. The minimum atomic E-state index is 0.759. The smallest absolute Gasteiger partial charge is 0.138 e. The number of aryl methyl sites for hydroxylation is 1. The number of rotatable bonds is 4. The van der Waals surface area contributed by atoms with Crippen LogP contribution < -0.4 is 9.80 Å². The first kappa shape index (κ1) is 14.8. The van der Waals surface area contributed by atoms with Gasteiger partial charge in [0, 0.05) is 31.4 Å². The summed E-state index contributed by atoms with van der Waals surface area (Å²) in [4.78, 5) is 13.4. The minimum absolute atomic E-state index is 0.759. The van der Waals surface area contributed by atoms with E-state index in [1.165, 1.54) is 11.3 Å². The molecule has 1 fully saturated rings. The summed E-state index contributed by atoms with van der Waals surface area (Å²) in [5.41, 5.74) is 2.44. The zero-order valence-electron chi connectivity index (χ0n) is 13.2. The Hall–Kier alpha value is -2.14. The van der Waals surface area contributed by atoms with Crippen molar-refractivity contribution < 1.29 is 4.74 Å². The molecule has 1 aliphatic rings. The molecule has 1 saturated heterocycles. The van der Waals surface area contributed by atoms with Crippen molar-refractivity contribution in [3.63, 3.8) is 0 Å². The normalized spacial score (nSPS) is 14.9. The lowest BCUT2D eigenvalue weighted by Gasteiger charge is -2.29. The lowest BCUT2D eigenvalue weighted by Crippen LogP contribution is -2.36. The number of para-hydroxylation sites is 1. The Morgan fingerprint density at radius 3 is 2.68 bits per heavy atom. The third kappa shape index (κ3) is 3.04. The maximum absolute atomic E-state index is 5.41. The summed E-state index contributed by atoms with van der Waals surface area (Å²) < 4.78 is 5.41. The van der Waals surface area contributed by atoms with Crippen LogP contribution in [0.15, 0.2) is 36.7 Å². The monoisotopic (exact) mass is 298 g/mol. The Kier molecular flexibility index (Phi) is 4.53. The van der Waals surface area contributed by atoms with Gasteiger partial charge in [-0.3, -0.25) is 0 Å². The van der Waals surface area contributed by atoms with Crippen molar-refractivity contribution in [1.82, 2.24) is 9.97 Å². The number of benzene rings is 1. The number of aromatic nitrogens is 2. The number of hydrogen-bond acceptors (Lipinski definition) is 5. The molecule has 0 amide bonds. The van der Waals surface area contributed by atoms with Crippen LogP contribution in [-0.2, 0) is 4.74 Å². The third-order valence-corrected chi connectivity index (χ3v) is 3.97. The Bertz CT molecular complexity index is 626. The Morgan fingerprint density at radius 1 is 1.18 bits per heavy atom. The molecular formula is C17H22N4O. The van der Waals surface area contributed by atoms with Crippen LogP contribution in [0.2, 0.25) is 0 Å². The number of anilines is 3. The molecule has 0 atom stereocenters. The van der Waals surface area contributed by atoms with Crippen molar-refractivity contribution in [2.24, 2.45) is 0 Å². The molecule has 0 aliphatic carbocycles. The first-order valence-electron chi connectivity index (χ1n) is 7.77. The molecule has 1 aromatic carbocycles. The molecule has 116 valence electrons. The second-order valence-electron chi connectivity index (χ2n) is 5.36. The predicted octanol–water partition coefficient (Wildman–Crippen LogP) is 2.78. The lowest BCUT2D eigenvalue weighted by atomic mass is 10.2. The van der Waals surface area contributed by atoms with E-state index in [2.05, 4.69) is 63.9 Å². The molecule has 0 spiro atoms. The lowest BCUT2D eigenvalue weighted by molar-refractivity contribution is 0.122. The van der Waals surface area contributed by atoms with Gasteiger partial charge < -0.3 is 14.5 Å². The highest BCUT2D eigenvalue weighted by Gasteiger charge is 2.16. The van der Waals surface area contributed by atoms with E-state index in [0.717, 1.165) is 44.5 Å². The van der Waals surface area contributed by atoms with Gasteiger partial charge in [-0.2, -0.15) is 0 Å². The van der Waals surface area contributed by atoms with Crippen LogP contribution in [0.5, 0.6) is 0 Å². The van der Waals surface area contributed by atoms with Gasteiger partial charge in [-0.15, -0.1) is 0 Å². The summed E-state index contributed by atoms with van der Waals surface area (Å²) in [7, 11) is 0. The molecule has 0 saturated carbocycles. The van der Waals surface area contributed by atoms with Crippen LogP contribution in [0.1, 0.15) is 12.5 Å². The van der Waals surface area contributed by atoms with E-state index in [-0.39, 0.29) is 0 Å². The molecule has 5 heteroatoms. The van der Waals surface area contributed by atoms with Crippen molar-refractivity contribution in [2.45, 2.75) is 13.8 Å². The van der Waals surface area contributed by atoms with Gasteiger partial charge >= 0.3 is 0 Å². The van der Waals surface area contributed by atoms with Crippen molar-refractivity contribution in [3.05, 3.63) is 42.2 Å². The van der Waals surface area contributed by atoms with Gasteiger partial charge in [-0.25, -0.2) is 9.97 Å². The Balaban J connectivity index is 1.91. The largest absolute Gasteiger partial charge is 0.378 e. The van der Waals surface area contributed by atoms with E-state index in [1.807, 2.05) is 0 Å². The van der Waals surface area contributed by atoms with Gasteiger partial charge in [0.1, 0.15) is 18.0 Å². The van der Waals surface area contributed by atoms with Crippen LogP contribution in [0.25, 0.3) is 0 Å². The molecule has 0 unspecified atom stereocenters. The number of ether oxygens (including phenoxy) is 1. The summed E-state index contributed by atoms with van der Waals surface area (Å²) in [5, 5.41) is 0. The van der Waals surface area contributed by atoms with Crippen LogP contribution >= 0.6 is 0 Å². The number of morpholine rings is 1. The molecule has 0 radical (unpaired) electrons. The maximum atomic E-state index is 5.41. The van der Waals surface area contributed by atoms with Gasteiger partial charge in [0.05, 0.1) is 13.2 Å². The highest BCUT2D eigenvalue weighted by atomic mass is 16.5. The fourth-order valence-electron chi connectivity index (χ4n) is 2.77. The van der Waals surface area contributed by atoms with Gasteiger partial charge in [0.15, 0.2) is 0 Å². The zero-order valence-corrected chi connectivity index (χ0v) is 13.2. The van der Waals surface area contributed by atoms with E-state index in [1.54, 1.807) is 6.33 Å². The van der Waals surface area contributed by atoms with Crippen molar-refractivity contribution in [3.8, 4) is 0 Å². The summed E-state index contributed by atoms with van der Waals surface area (Å²) in [6.45, 7) is 8.42. The average molecular weight is 298 g/mol. The van der Waals surface area contributed by atoms with Crippen molar-refractivity contribution in [2.75, 3.05) is 42.6 Å². The molecule has 2 aromatic rings. The second kappa shape index (κ2) is 6.75. The number of hydrogen-bond donors (Lipinski definition) is 0. The Morgan fingerprint density at radius 2 is 1.95 bits per heavy atom. The SMILES string of the molecule is CCN(c1cc(N2CCOCC2)ncn1)c1ccccc1C. The molecule has 5 nitrogen and oxygen atoms in total. The second-order valence-corrected chi connectivity index (χ2v) is 5.36. The number of nitrogens with zero attached hydrogens (tertiary/aromatic N) is 4. The van der Waals surface area contributed by atoms with Crippen LogP contribution in [0.3, 0.4) is 0 Å². The van der Waals surface area contributed by atoms with Gasteiger partial charge in [-0.1, -0.05) is 18.2 Å². The zero-order chi connectivity index (χ0) is 15.4. The highest BCUT2D eigenvalue weighted by Crippen LogP contribution is 2.28. The molecular weight excluding hydrogens is 276 g/mol. The topological polar surface area (TPSA) is 41.5 Å². The van der Waals surface area contributed by atoms with Crippen LogP contribution in [-0.4, -0.2) is 42.8 Å². The fraction of sp³-hybridized carbons (Fsp3) is 0.412. The summed E-state index contributed by atoms with van der Waals surface area (Å²) in [6.07, 6.45) is 1.65. The van der Waals surface area contributed by atoms with E-state index in [4.69, 9.17) is 4.74 Å². The van der Waals surface area contributed by atoms with E-state index in [0.29, 0.717) is 0 Å². The Labute approximate surface area is 131 Å². The molecule has 1 aliphatic heterocycles. The average Bonchev–Trinajstić information content (AvgIpc) is 2.58. The van der Waals surface area contributed by atoms with E-state index >= 15 is 0 Å². The van der Waals surface area contributed by atoms with Gasteiger partial charge in [0.2, 0.25) is 0 Å². The molecule has 3 rings (SSSR count). The first-order chi connectivity index (χ1) is 10.8. The van der Waals surface area contributed by atoms with Crippen LogP contribution in [0.4, 0.5) is 17.3 Å².